The summed E-state index contributed by atoms with van der Waals surface area (Å²) in [5, 5.41) is 3.80. The summed E-state index contributed by atoms with van der Waals surface area (Å²) >= 11 is 0. The second kappa shape index (κ2) is 6.17. The van der Waals surface area contributed by atoms with Crippen LogP contribution in [0.5, 0.6) is 5.75 Å². The van der Waals surface area contributed by atoms with Crippen LogP contribution in [0.2, 0.25) is 0 Å². The Hall–Kier alpha value is -3.02. The molecule has 0 saturated carbocycles. The molecule has 0 aliphatic carbocycles. The third-order valence-electron chi connectivity index (χ3n) is 2.92. The molecule has 5 nitrogen and oxygen atoms in total. The first-order chi connectivity index (χ1) is 10.7. The number of hydrogen-bond acceptors (Lipinski definition) is 5. The van der Waals surface area contributed by atoms with E-state index in [1.54, 1.807) is 36.4 Å². The molecule has 0 atom stereocenters. The van der Waals surface area contributed by atoms with Crippen LogP contribution in [0.25, 0.3) is 11.5 Å². The van der Waals surface area contributed by atoms with Gasteiger partial charge in [-0.1, -0.05) is 17.3 Å². The fourth-order valence-corrected chi connectivity index (χ4v) is 1.85. The lowest BCUT2D eigenvalue weighted by Gasteiger charge is -2.02. The van der Waals surface area contributed by atoms with Crippen molar-refractivity contribution >= 4 is 6.29 Å². The number of aromatic nitrogens is 2. The number of carbonyl (C=O) groups excluding carboxylic acids is 1. The van der Waals surface area contributed by atoms with Gasteiger partial charge in [0.05, 0.1) is 0 Å². The van der Waals surface area contributed by atoms with E-state index < -0.39 is 0 Å². The van der Waals surface area contributed by atoms with Crippen LogP contribution in [-0.2, 0) is 6.61 Å². The van der Waals surface area contributed by atoms with Gasteiger partial charge >= 0.3 is 0 Å². The molecule has 6 heteroatoms. The summed E-state index contributed by atoms with van der Waals surface area (Å²) in [5.74, 6) is 0.857. The first-order valence-electron chi connectivity index (χ1n) is 6.51. The molecule has 0 N–H and O–H groups in total. The van der Waals surface area contributed by atoms with Gasteiger partial charge in [-0.05, 0) is 36.4 Å². The Labute approximate surface area is 125 Å². The van der Waals surface area contributed by atoms with Gasteiger partial charge in [0.25, 0.3) is 5.89 Å². The van der Waals surface area contributed by atoms with Gasteiger partial charge in [-0.15, -0.1) is 0 Å². The third-order valence-corrected chi connectivity index (χ3v) is 2.92. The summed E-state index contributed by atoms with van der Waals surface area (Å²) in [7, 11) is 0. The van der Waals surface area contributed by atoms with Crippen LogP contribution in [-0.4, -0.2) is 16.4 Å². The van der Waals surface area contributed by atoms with Crippen LogP contribution in [0.4, 0.5) is 4.39 Å². The summed E-state index contributed by atoms with van der Waals surface area (Å²) in [5.41, 5.74) is 1.15. The van der Waals surface area contributed by atoms with Crippen molar-refractivity contribution < 1.29 is 18.4 Å². The van der Waals surface area contributed by atoms with E-state index in [1.165, 1.54) is 12.1 Å². The molecule has 3 aromatic rings. The average molecular weight is 298 g/mol. The predicted octanol–water partition coefficient (Wildman–Crippen LogP) is 3.27. The van der Waals surface area contributed by atoms with Crippen LogP contribution in [0.15, 0.2) is 53.1 Å². The number of nitrogens with zero attached hydrogens (tertiary/aromatic N) is 2. The molecule has 0 amide bonds. The smallest absolute Gasteiger partial charge is 0.258 e. The SMILES string of the molecule is O=Cc1cccc(OCc2noc(-c3ccc(F)cc3)n2)c1. The molecular formula is C16H11FN2O3. The maximum atomic E-state index is 12.9. The van der Waals surface area contributed by atoms with Gasteiger partial charge in [-0.2, -0.15) is 4.98 Å². The third kappa shape index (κ3) is 3.17. The monoisotopic (exact) mass is 298 g/mol. The molecule has 2 aromatic carbocycles. The van der Waals surface area contributed by atoms with E-state index >= 15 is 0 Å². The normalized spacial score (nSPS) is 10.4. The molecule has 1 aromatic heterocycles. The van der Waals surface area contributed by atoms with Gasteiger partial charge in [-0.3, -0.25) is 4.79 Å². The minimum atomic E-state index is -0.332. The van der Waals surface area contributed by atoms with Crippen LogP contribution in [0, 0.1) is 5.82 Å². The summed E-state index contributed by atoms with van der Waals surface area (Å²) < 4.78 is 23.5. The van der Waals surface area contributed by atoms with Gasteiger partial charge in [0, 0.05) is 11.1 Å². The van der Waals surface area contributed by atoms with Crippen molar-refractivity contribution in [3.63, 3.8) is 0 Å². The maximum absolute atomic E-state index is 12.9. The molecule has 22 heavy (non-hydrogen) atoms. The van der Waals surface area contributed by atoms with E-state index in [0.717, 1.165) is 6.29 Å². The lowest BCUT2D eigenvalue weighted by Crippen LogP contribution is -1.98. The summed E-state index contributed by atoms with van der Waals surface area (Å²) in [6.07, 6.45) is 0.744. The van der Waals surface area contributed by atoms with Crippen LogP contribution < -0.4 is 4.74 Å². The molecule has 1 heterocycles. The van der Waals surface area contributed by atoms with Gasteiger partial charge in [0.15, 0.2) is 6.61 Å². The average Bonchev–Trinajstić information content (AvgIpc) is 3.03. The molecule has 3 rings (SSSR count). The molecule has 0 aliphatic heterocycles. The van der Waals surface area contributed by atoms with E-state index in [4.69, 9.17) is 9.26 Å². The molecule has 0 spiro atoms. The number of aldehydes is 1. The summed E-state index contributed by atoms with van der Waals surface area (Å²) in [6.45, 7) is 0.104. The number of hydrogen-bond donors (Lipinski definition) is 0. The van der Waals surface area contributed by atoms with Crippen molar-refractivity contribution in [2.24, 2.45) is 0 Å². The zero-order chi connectivity index (χ0) is 15.4. The quantitative estimate of drug-likeness (QED) is 0.676. The number of rotatable bonds is 5. The molecular weight excluding hydrogens is 287 g/mol. The number of benzene rings is 2. The molecule has 0 radical (unpaired) electrons. The lowest BCUT2D eigenvalue weighted by atomic mass is 10.2. The van der Waals surface area contributed by atoms with E-state index in [-0.39, 0.29) is 12.4 Å². The van der Waals surface area contributed by atoms with Crippen molar-refractivity contribution in [2.75, 3.05) is 0 Å². The molecule has 0 saturated heterocycles. The maximum Gasteiger partial charge on any atom is 0.258 e. The summed E-state index contributed by atoms with van der Waals surface area (Å²) in [4.78, 5) is 14.9. The fraction of sp³-hybridized carbons (Fsp3) is 0.0625. The van der Waals surface area contributed by atoms with Gasteiger partial charge < -0.3 is 9.26 Å². The van der Waals surface area contributed by atoms with Crippen molar-refractivity contribution in [1.82, 2.24) is 10.1 Å². The Morgan fingerprint density at radius 1 is 1.18 bits per heavy atom. The van der Waals surface area contributed by atoms with Crippen molar-refractivity contribution in [3.8, 4) is 17.2 Å². The van der Waals surface area contributed by atoms with Gasteiger partial charge in [-0.25, -0.2) is 4.39 Å². The largest absolute Gasteiger partial charge is 0.485 e. The minimum absolute atomic E-state index is 0.104. The molecule has 0 aliphatic rings. The molecule has 0 fully saturated rings. The zero-order valence-electron chi connectivity index (χ0n) is 11.4. The van der Waals surface area contributed by atoms with Crippen molar-refractivity contribution in [1.29, 1.82) is 0 Å². The Bertz CT molecular complexity index is 784. The zero-order valence-corrected chi connectivity index (χ0v) is 11.4. The standard InChI is InChI=1S/C16H11FN2O3/c17-13-6-4-12(5-7-13)16-18-15(19-22-16)10-21-14-3-1-2-11(8-14)9-20/h1-9H,10H2. The van der Waals surface area contributed by atoms with Gasteiger partial charge in [0.1, 0.15) is 17.9 Å². The van der Waals surface area contributed by atoms with Crippen LogP contribution in [0.1, 0.15) is 16.2 Å². The number of ether oxygens (including phenoxy) is 1. The fourth-order valence-electron chi connectivity index (χ4n) is 1.85. The molecule has 110 valence electrons. The lowest BCUT2D eigenvalue weighted by molar-refractivity contribution is 0.112. The Morgan fingerprint density at radius 2 is 2.00 bits per heavy atom. The topological polar surface area (TPSA) is 65.2 Å². The number of carbonyl (C=O) groups is 1. The predicted molar refractivity (Wildman–Crippen MR) is 75.9 cm³/mol. The Balaban J connectivity index is 1.69. The van der Waals surface area contributed by atoms with E-state index in [2.05, 4.69) is 10.1 Å². The van der Waals surface area contributed by atoms with Gasteiger partial charge in [0.2, 0.25) is 5.82 Å². The molecule has 0 bridgehead atoms. The highest BCUT2D eigenvalue weighted by Gasteiger charge is 2.09. The highest BCUT2D eigenvalue weighted by molar-refractivity contribution is 5.75. The first-order valence-corrected chi connectivity index (χ1v) is 6.51. The number of halogens is 1. The van der Waals surface area contributed by atoms with E-state index in [1.807, 2.05) is 0 Å². The van der Waals surface area contributed by atoms with Crippen molar-refractivity contribution in [2.45, 2.75) is 6.61 Å². The first kappa shape index (κ1) is 13.9. The molecule has 0 unspecified atom stereocenters. The van der Waals surface area contributed by atoms with Crippen LogP contribution >= 0.6 is 0 Å². The Kier molecular flexibility index (Phi) is 3.91. The highest BCUT2D eigenvalue weighted by atomic mass is 19.1. The Morgan fingerprint density at radius 3 is 2.77 bits per heavy atom. The minimum Gasteiger partial charge on any atom is -0.485 e. The van der Waals surface area contributed by atoms with Crippen LogP contribution in [0.3, 0.4) is 0 Å². The second-order valence-electron chi connectivity index (χ2n) is 4.50. The van der Waals surface area contributed by atoms with E-state index in [9.17, 15) is 9.18 Å². The van der Waals surface area contributed by atoms with Crippen molar-refractivity contribution in [3.05, 3.63) is 65.7 Å². The second-order valence-corrected chi connectivity index (χ2v) is 4.50. The highest BCUT2D eigenvalue weighted by Crippen LogP contribution is 2.18. The van der Waals surface area contributed by atoms with E-state index in [0.29, 0.717) is 28.6 Å². The summed E-state index contributed by atoms with van der Waals surface area (Å²) in [6, 6.07) is 12.5.